The Morgan fingerprint density at radius 1 is 1.28 bits per heavy atom. The number of imidazole rings is 1. The molecule has 0 atom stereocenters. The molecule has 0 unspecified atom stereocenters. The lowest BCUT2D eigenvalue weighted by Gasteiger charge is -1.99. The minimum absolute atomic E-state index is 0.778. The molecule has 0 aliphatic rings. The van der Waals surface area contributed by atoms with E-state index in [-0.39, 0.29) is 0 Å². The first-order chi connectivity index (χ1) is 8.75. The van der Waals surface area contributed by atoms with Crippen LogP contribution in [0, 0.1) is 0 Å². The van der Waals surface area contributed by atoms with E-state index in [0.717, 1.165) is 34.7 Å². The molecule has 0 spiro atoms. The van der Waals surface area contributed by atoms with Crippen LogP contribution in [0.4, 0.5) is 0 Å². The van der Waals surface area contributed by atoms with Gasteiger partial charge in [0.15, 0.2) is 11.0 Å². The molecule has 2 heterocycles. The van der Waals surface area contributed by atoms with Gasteiger partial charge >= 0.3 is 5.82 Å². The van der Waals surface area contributed by atoms with Crippen LogP contribution in [0.3, 0.4) is 0 Å². The molecular weight excluding hydrogens is 224 g/mol. The second-order valence-corrected chi connectivity index (χ2v) is 4.51. The summed E-state index contributed by atoms with van der Waals surface area (Å²) in [5, 5.41) is 0. The number of aromatic amines is 1. The highest BCUT2D eigenvalue weighted by atomic mass is 16.3. The standard InChI is InChI=1S/C15H14N2O/c1-11(2)10-17-13-7-4-3-6-12(13)16-15(17)14-8-5-9-18-14/h3-9H,1,10H2,2H3/p+1. The summed E-state index contributed by atoms with van der Waals surface area (Å²) < 4.78 is 7.68. The molecule has 1 aromatic carbocycles. The molecular formula is C15H15N2O+. The fraction of sp³-hybridized carbons (Fsp3) is 0.133. The molecule has 0 aliphatic heterocycles. The van der Waals surface area contributed by atoms with Crippen LogP contribution in [0.15, 0.2) is 59.2 Å². The summed E-state index contributed by atoms with van der Waals surface area (Å²) in [6.45, 7) is 6.80. The number of aromatic nitrogens is 2. The maximum Gasteiger partial charge on any atom is 0.324 e. The van der Waals surface area contributed by atoms with Crippen molar-refractivity contribution in [3.05, 3.63) is 54.8 Å². The molecule has 0 saturated carbocycles. The molecule has 3 rings (SSSR count). The number of rotatable bonds is 3. The van der Waals surface area contributed by atoms with Crippen molar-refractivity contribution in [1.29, 1.82) is 0 Å². The van der Waals surface area contributed by atoms with Crippen LogP contribution in [-0.4, -0.2) is 4.98 Å². The van der Waals surface area contributed by atoms with Crippen LogP contribution in [0.25, 0.3) is 22.6 Å². The van der Waals surface area contributed by atoms with Gasteiger partial charge in [-0.15, -0.1) is 0 Å². The molecule has 0 saturated heterocycles. The van der Waals surface area contributed by atoms with E-state index in [1.54, 1.807) is 6.26 Å². The fourth-order valence-corrected chi connectivity index (χ4v) is 2.17. The lowest BCUT2D eigenvalue weighted by atomic mass is 10.3. The molecule has 0 bridgehead atoms. The van der Waals surface area contributed by atoms with Gasteiger partial charge in [0, 0.05) is 0 Å². The van der Waals surface area contributed by atoms with Crippen LogP contribution >= 0.6 is 0 Å². The largest absolute Gasteiger partial charge is 0.456 e. The van der Waals surface area contributed by atoms with E-state index in [2.05, 4.69) is 28.3 Å². The molecule has 3 nitrogen and oxygen atoms in total. The van der Waals surface area contributed by atoms with Crippen molar-refractivity contribution in [1.82, 2.24) is 4.98 Å². The fourth-order valence-electron chi connectivity index (χ4n) is 2.17. The number of hydrogen-bond acceptors (Lipinski definition) is 1. The third kappa shape index (κ3) is 1.74. The molecule has 0 aliphatic carbocycles. The van der Waals surface area contributed by atoms with Crippen molar-refractivity contribution < 1.29 is 8.98 Å². The number of H-pyrrole nitrogens is 1. The van der Waals surface area contributed by atoms with Crippen molar-refractivity contribution >= 4 is 11.0 Å². The molecule has 2 aromatic heterocycles. The van der Waals surface area contributed by atoms with Gasteiger partial charge in [0.1, 0.15) is 6.54 Å². The molecule has 3 aromatic rings. The van der Waals surface area contributed by atoms with E-state index in [4.69, 9.17) is 4.42 Å². The Morgan fingerprint density at radius 3 is 2.83 bits per heavy atom. The number of fused-ring (bicyclic) bond motifs is 1. The van der Waals surface area contributed by atoms with Crippen LogP contribution in [-0.2, 0) is 6.54 Å². The summed E-state index contributed by atoms with van der Waals surface area (Å²) in [6, 6.07) is 12.1. The van der Waals surface area contributed by atoms with Gasteiger partial charge in [-0.05, 0) is 36.8 Å². The van der Waals surface area contributed by atoms with Crippen LogP contribution in [0.5, 0.6) is 0 Å². The normalized spacial score (nSPS) is 10.9. The maximum atomic E-state index is 5.49. The summed E-state index contributed by atoms with van der Waals surface area (Å²) in [4.78, 5) is 3.40. The number of nitrogens with zero attached hydrogens (tertiary/aromatic N) is 1. The van der Waals surface area contributed by atoms with E-state index in [0.29, 0.717) is 0 Å². The van der Waals surface area contributed by atoms with Crippen molar-refractivity contribution in [2.45, 2.75) is 13.5 Å². The molecule has 1 N–H and O–H groups in total. The lowest BCUT2D eigenvalue weighted by Crippen LogP contribution is -2.35. The number of nitrogens with one attached hydrogen (secondary N) is 1. The molecule has 0 amide bonds. The van der Waals surface area contributed by atoms with E-state index in [9.17, 15) is 0 Å². The van der Waals surface area contributed by atoms with E-state index < -0.39 is 0 Å². The van der Waals surface area contributed by atoms with Gasteiger partial charge in [-0.2, -0.15) is 0 Å². The zero-order valence-corrected chi connectivity index (χ0v) is 10.3. The average molecular weight is 239 g/mol. The highest BCUT2D eigenvalue weighted by molar-refractivity contribution is 5.73. The molecule has 0 radical (unpaired) electrons. The predicted octanol–water partition coefficient (Wildman–Crippen LogP) is 3.29. The molecule has 0 fully saturated rings. The van der Waals surface area contributed by atoms with Crippen molar-refractivity contribution in [3.63, 3.8) is 0 Å². The van der Waals surface area contributed by atoms with Gasteiger partial charge in [-0.1, -0.05) is 18.7 Å². The first-order valence-electron chi connectivity index (χ1n) is 5.94. The quantitative estimate of drug-likeness (QED) is 0.552. The predicted molar refractivity (Wildman–Crippen MR) is 71.0 cm³/mol. The van der Waals surface area contributed by atoms with Crippen molar-refractivity contribution in [2.75, 3.05) is 0 Å². The smallest absolute Gasteiger partial charge is 0.324 e. The SMILES string of the molecule is C=C(C)C[n+]1c(-c2ccco2)[nH]c2ccccc21. The Hall–Kier alpha value is -2.29. The van der Waals surface area contributed by atoms with Crippen LogP contribution in [0.1, 0.15) is 6.92 Å². The Labute approximate surface area is 105 Å². The summed E-state index contributed by atoms with van der Waals surface area (Å²) in [5.74, 6) is 1.82. The second-order valence-electron chi connectivity index (χ2n) is 4.51. The summed E-state index contributed by atoms with van der Waals surface area (Å²) in [6.07, 6.45) is 1.69. The Morgan fingerprint density at radius 2 is 2.11 bits per heavy atom. The Kier molecular flexibility index (Phi) is 2.52. The van der Waals surface area contributed by atoms with Crippen molar-refractivity contribution in [3.8, 4) is 11.6 Å². The van der Waals surface area contributed by atoms with E-state index >= 15 is 0 Å². The van der Waals surface area contributed by atoms with E-state index in [1.807, 2.05) is 31.2 Å². The molecule has 3 heteroatoms. The third-order valence-corrected chi connectivity index (χ3v) is 2.90. The third-order valence-electron chi connectivity index (χ3n) is 2.90. The number of para-hydroxylation sites is 2. The number of hydrogen-bond donors (Lipinski definition) is 1. The van der Waals surface area contributed by atoms with Gasteiger partial charge in [-0.25, -0.2) is 9.55 Å². The van der Waals surface area contributed by atoms with Gasteiger partial charge in [0.25, 0.3) is 0 Å². The highest BCUT2D eigenvalue weighted by Crippen LogP contribution is 2.19. The number of allylic oxidation sites excluding steroid dienone is 1. The van der Waals surface area contributed by atoms with Gasteiger partial charge < -0.3 is 4.42 Å². The minimum atomic E-state index is 0.778. The summed E-state index contributed by atoms with van der Waals surface area (Å²) >= 11 is 0. The van der Waals surface area contributed by atoms with Crippen molar-refractivity contribution in [2.24, 2.45) is 0 Å². The average Bonchev–Trinajstić information content (AvgIpc) is 2.96. The van der Waals surface area contributed by atoms with Gasteiger partial charge in [-0.3, -0.25) is 0 Å². The van der Waals surface area contributed by atoms with Gasteiger partial charge in [0.2, 0.25) is 5.76 Å². The highest BCUT2D eigenvalue weighted by Gasteiger charge is 2.21. The van der Waals surface area contributed by atoms with Gasteiger partial charge in [0.05, 0.1) is 6.26 Å². The lowest BCUT2D eigenvalue weighted by molar-refractivity contribution is -0.652. The zero-order valence-electron chi connectivity index (χ0n) is 10.3. The monoisotopic (exact) mass is 239 g/mol. The number of benzene rings is 1. The van der Waals surface area contributed by atoms with Crippen LogP contribution < -0.4 is 4.57 Å². The number of furan rings is 1. The van der Waals surface area contributed by atoms with E-state index in [1.165, 1.54) is 0 Å². The molecule has 90 valence electrons. The summed E-state index contributed by atoms with van der Waals surface area (Å²) in [5.41, 5.74) is 3.37. The molecule has 18 heavy (non-hydrogen) atoms. The summed E-state index contributed by atoms with van der Waals surface area (Å²) in [7, 11) is 0. The van der Waals surface area contributed by atoms with Crippen LogP contribution in [0.2, 0.25) is 0 Å². The Balaban J connectivity index is 2.26. The Bertz CT molecular complexity index is 692. The topological polar surface area (TPSA) is 32.8 Å². The first-order valence-corrected chi connectivity index (χ1v) is 5.94. The first kappa shape index (κ1) is 10.8. The maximum absolute atomic E-state index is 5.49. The minimum Gasteiger partial charge on any atom is -0.456 e. The zero-order chi connectivity index (χ0) is 12.5. The second kappa shape index (κ2) is 4.18.